The van der Waals surface area contributed by atoms with Crippen molar-refractivity contribution in [1.29, 1.82) is 0 Å². The van der Waals surface area contributed by atoms with Crippen LogP contribution in [0.25, 0.3) is 0 Å². The molecular weight excluding hydrogens is 98.1 g/mol. The second-order valence-electron chi connectivity index (χ2n) is 2.18. The molecule has 0 amide bonds. The third-order valence-corrected chi connectivity index (χ3v) is 1.48. The van der Waals surface area contributed by atoms with Crippen LogP contribution < -0.4 is 5.73 Å². The Labute approximate surface area is 51.4 Å². The summed E-state index contributed by atoms with van der Waals surface area (Å²) in [6.07, 6.45) is 6.40. The van der Waals surface area contributed by atoms with Gasteiger partial charge in [-0.3, -0.25) is 0 Å². The van der Waals surface area contributed by atoms with Crippen LogP contribution in [-0.4, -0.2) is 0 Å². The van der Waals surface area contributed by atoms with Gasteiger partial charge >= 0.3 is 0 Å². The molecule has 0 aromatic rings. The molecule has 0 radical (unpaired) electrons. The molecule has 2 N–H and O–H groups in total. The van der Waals surface area contributed by atoms with Crippen molar-refractivity contribution >= 4 is 0 Å². The van der Waals surface area contributed by atoms with Crippen molar-refractivity contribution < 1.29 is 1.43 Å². The smallest absolute Gasteiger partial charge is 0.0299 e. The van der Waals surface area contributed by atoms with E-state index in [1.54, 1.807) is 0 Å². The van der Waals surface area contributed by atoms with E-state index in [9.17, 15) is 0 Å². The van der Waals surface area contributed by atoms with Gasteiger partial charge < -0.3 is 5.73 Å². The fourth-order valence-electron chi connectivity index (χ4n) is 0.797. The molecule has 0 bridgehead atoms. The Morgan fingerprint density at radius 2 is 2.50 bits per heavy atom. The first kappa shape index (κ1) is 5.42. The summed E-state index contributed by atoms with van der Waals surface area (Å²) in [4.78, 5) is 0. The van der Waals surface area contributed by atoms with E-state index in [1.165, 1.54) is 5.57 Å². The summed E-state index contributed by atoms with van der Waals surface area (Å²) in [5.74, 6) is 0. The minimum atomic E-state index is 0. The molecule has 0 heterocycles. The monoisotopic (exact) mass is 111 g/mol. The molecule has 0 fully saturated rings. The first-order valence-electron chi connectivity index (χ1n) is 2.92. The molecule has 0 atom stereocenters. The largest absolute Gasteiger partial charge is 0.399 e. The maximum absolute atomic E-state index is 5.57. The molecule has 8 heavy (non-hydrogen) atoms. The molecular formula is C7H13N. The lowest BCUT2D eigenvalue weighted by atomic mass is 10.0. The van der Waals surface area contributed by atoms with Gasteiger partial charge in [0.15, 0.2) is 0 Å². The van der Waals surface area contributed by atoms with Crippen LogP contribution in [0.5, 0.6) is 0 Å². The van der Waals surface area contributed by atoms with E-state index in [2.05, 4.69) is 13.0 Å². The Morgan fingerprint density at radius 3 is 2.88 bits per heavy atom. The van der Waals surface area contributed by atoms with E-state index in [4.69, 9.17) is 5.73 Å². The van der Waals surface area contributed by atoms with Crippen LogP contribution >= 0.6 is 0 Å². The lowest BCUT2D eigenvalue weighted by Crippen LogP contribution is -2.00. The van der Waals surface area contributed by atoms with Crippen LogP contribution in [0, 0.1) is 0 Å². The zero-order chi connectivity index (χ0) is 5.98. The standard InChI is InChI=1S/C7H11N.H2/c1-6-4-2-3-5-7(6)8;/h3,5H,2,4,8H2,1H3;1H. The van der Waals surface area contributed by atoms with Crippen LogP contribution in [0.3, 0.4) is 0 Å². The topological polar surface area (TPSA) is 26.0 Å². The van der Waals surface area contributed by atoms with E-state index in [1.807, 2.05) is 6.08 Å². The number of allylic oxidation sites excluding steroid dienone is 3. The maximum Gasteiger partial charge on any atom is 0.0299 e. The lowest BCUT2D eigenvalue weighted by Gasteiger charge is -2.05. The average Bonchev–Trinajstić information content (AvgIpc) is 1.77. The summed E-state index contributed by atoms with van der Waals surface area (Å²) < 4.78 is 0. The fraction of sp³-hybridized carbons (Fsp3) is 0.429. The quantitative estimate of drug-likeness (QED) is 0.507. The highest BCUT2D eigenvalue weighted by atomic mass is 14.6. The van der Waals surface area contributed by atoms with Crippen molar-refractivity contribution in [2.45, 2.75) is 19.8 Å². The van der Waals surface area contributed by atoms with Crippen LogP contribution in [0.4, 0.5) is 0 Å². The molecule has 0 aromatic heterocycles. The zero-order valence-electron chi connectivity index (χ0n) is 5.15. The van der Waals surface area contributed by atoms with Crippen molar-refractivity contribution in [3.63, 3.8) is 0 Å². The molecule has 1 aliphatic carbocycles. The second kappa shape index (κ2) is 2.03. The Kier molecular flexibility index (Phi) is 1.38. The van der Waals surface area contributed by atoms with E-state index < -0.39 is 0 Å². The first-order chi connectivity index (χ1) is 3.80. The average molecular weight is 111 g/mol. The van der Waals surface area contributed by atoms with Gasteiger partial charge in [-0.05, 0) is 25.8 Å². The van der Waals surface area contributed by atoms with Gasteiger partial charge in [-0.25, -0.2) is 0 Å². The number of rotatable bonds is 0. The van der Waals surface area contributed by atoms with Crippen LogP contribution in [0.15, 0.2) is 23.4 Å². The number of hydrogen-bond acceptors (Lipinski definition) is 1. The van der Waals surface area contributed by atoms with E-state index in [0.717, 1.165) is 18.5 Å². The Balaban J connectivity index is 0.000000640. The third kappa shape index (κ3) is 0.915. The molecule has 0 aliphatic heterocycles. The Bertz CT molecular complexity index is 147. The SMILES string of the molecule is CC1=C(N)C=CCC1.[HH]. The van der Waals surface area contributed by atoms with Gasteiger partial charge in [0.25, 0.3) is 0 Å². The Morgan fingerprint density at radius 1 is 1.75 bits per heavy atom. The van der Waals surface area contributed by atoms with Crippen molar-refractivity contribution in [2.75, 3.05) is 0 Å². The third-order valence-electron chi connectivity index (χ3n) is 1.48. The summed E-state index contributed by atoms with van der Waals surface area (Å²) in [6, 6.07) is 0. The van der Waals surface area contributed by atoms with Gasteiger partial charge in [-0.2, -0.15) is 0 Å². The molecule has 0 saturated heterocycles. The van der Waals surface area contributed by atoms with Crippen molar-refractivity contribution in [1.82, 2.24) is 0 Å². The summed E-state index contributed by atoms with van der Waals surface area (Å²) in [5, 5.41) is 0. The molecule has 0 saturated carbocycles. The van der Waals surface area contributed by atoms with E-state index in [-0.39, 0.29) is 1.43 Å². The number of nitrogens with two attached hydrogens (primary N) is 1. The van der Waals surface area contributed by atoms with Crippen LogP contribution in [0.1, 0.15) is 21.2 Å². The molecule has 1 nitrogen and oxygen atoms in total. The Hall–Kier alpha value is -0.720. The van der Waals surface area contributed by atoms with E-state index in [0.29, 0.717) is 0 Å². The van der Waals surface area contributed by atoms with Gasteiger partial charge in [0, 0.05) is 7.12 Å². The summed E-state index contributed by atoms with van der Waals surface area (Å²) in [5.41, 5.74) is 7.85. The van der Waals surface area contributed by atoms with Crippen LogP contribution in [0.2, 0.25) is 0 Å². The lowest BCUT2D eigenvalue weighted by molar-refractivity contribution is 0.933. The zero-order valence-corrected chi connectivity index (χ0v) is 5.15. The highest BCUT2D eigenvalue weighted by Gasteiger charge is 1.97. The molecule has 1 heteroatoms. The van der Waals surface area contributed by atoms with E-state index >= 15 is 0 Å². The highest BCUT2D eigenvalue weighted by molar-refractivity contribution is 5.24. The summed E-state index contributed by atoms with van der Waals surface area (Å²) in [6.45, 7) is 2.08. The molecule has 1 rings (SSSR count). The molecule has 0 unspecified atom stereocenters. The van der Waals surface area contributed by atoms with Gasteiger partial charge in [-0.1, -0.05) is 11.6 Å². The van der Waals surface area contributed by atoms with Crippen molar-refractivity contribution in [3.8, 4) is 0 Å². The molecule has 0 spiro atoms. The normalized spacial score (nSPS) is 19.6. The molecule has 1 aliphatic rings. The highest BCUT2D eigenvalue weighted by Crippen LogP contribution is 2.13. The molecule has 46 valence electrons. The minimum Gasteiger partial charge on any atom is -0.399 e. The number of hydrogen-bond donors (Lipinski definition) is 1. The van der Waals surface area contributed by atoms with Crippen molar-refractivity contribution in [2.24, 2.45) is 5.73 Å². The second-order valence-corrected chi connectivity index (χ2v) is 2.18. The predicted octanol–water partition coefficient (Wildman–Crippen LogP) is 1.82. The van der Waals surface area contributed by atoms with Gasteiger partial charge in [0.2, 0.25) is 0 Å². The summed E-state index contributed by atoms with van der Waals surface area (Å²) in [7, 11) is 0. The van der Waals surface area contributed by atoms with Crippen molar-refractivity contribution in [3.05, 3.63) is 23.4 Å². The van der Waals surface area contributed by atoms with Crippen LogP contribution in [-0.2, 0) is 0 Å². The maximum atomic E-state index is 5.57. The molecule has 0 aromatic carbocycles. The van der Waals surface area contributed by atoms with Gasteiger partial charge in [0.05, 0.1) is 0 Å². The summed E-state index contributed by atoms with van der Waals surface area (Å²) >= 11 is 0. The first-order valence-corrected chi connectivity index (χ1v) is 2.92. The van der Waals surface area contributed by atoms with Gasteiger partial charge in [-0.15, -0.1) is 0 Å². The van der Waals surface area contributed by atoms with Gasteiger partial charge in [0.1, 0.15) is 0 Å². The fourth-order valence-corrected chi connectivity index (χ4v) is 0.797. The minimum absolute atomic E-state index is 0. The predicted molar refractivity (Wildman–Crippen MR) is 37.4 cm³/mol.